The Bertz CT molecular complexity index is 559. The van der Waals surface area contributed by atoms with Gasteiger partial charge >= 0.3 is 0 Å². The number of nitrogens with one attached hydrogen (secondary N) is 2. The smallest absolute Gasteiger partial charge is 0.254 e. The Morgan fingerprint density at radius 2 is 1.87 bits per heavy atom. The van der Waals surface area contributed by atoms with Gasteiger partial charge in [-0.15, -0.1) is 0 Å². The van der Waals surface area contributed by atoms with Crippen LogP contribution in [0.2, 0.25) is 0 Å². The lowest BCUT2D eigenvalue weighted by molar-refractivity contribution is 0.100. The van der Waals surface area contributed by atoms with Crippen LogP contribution < -0.4 is 16.4 Å². The molecule has 0 bridgehead atoms. The van der Waals surface area contributed by atoms with Crippen LogP contribution in [0, 0.1) is 0 Å². The van der Waals surface area contributed by atoms with Gasteiger partial charge in [-0.1, -0.05) is 12.8 Å². The molecule has 0 spiro atoms. The zero-order valence-corrected chi connectivity index (χ0v) is 13.3. The van der Waals surface area contributed by atoms with Gasteiger partial charge in [0.05, 0.1) is 11.7 Å². The molecule has 7 heteroatoms. The first kappa shape index (κ1) is 16.0. The maximum Gasteiger partial charge on any atom is 0.254 e. The fourth-order valence-corrected chi connectivity index (χ4v) is 3.48. The molecular formula is C16H25N5O2. The lowest BCUT2D eigenvalue weighted by Crippen LogP contribution is -2.31. The normalized spacial score (nSPS) is 25.3. The number of hydrogen-bond donors (Lipinski definition) is 4. The van der Waals surface area contributed by atoms with Gasteiger partial charge in [0.1, 0.15) is 5.82 Å². The standard InChI is InChI=1S/C16H25N5O2/c17-14(23)13-9-18-16(20-10-4-1-2-5-10)21-15(13)19-11-6-3-7-12(22)8-11/h9-12,22H,1-8H2,(H2,17,23)(H2,18,19,20,21)/t11-,12+/m1/s1. The summed E-state index contributed by atoms with van der Waals surface area (Å²) < 4.78 is 0. The van der Waals surface area contributed by atoms with Gasteiger partial charge in [0.2, 0.25) is 5.95 Å². The highest BCUT2D eigenvalue weighted by atomic mass is 16.3. The minimum atomic E-state index is -0.545. The summed E-state index contributed by atoms with van der Waals surface area (Å²) in [5.74, 6) is 0.448. The molecule has 1 heterocycles. The van der Waals surface area contributed by atoms with E-state index in [2.05, 4.69) is 20.6 Å². The molecule has 2 aliphatic carbocycles. The van der Waals surface area contributed by atoms with Crippen LogP contribution in [0.1, 0.15) is 61.7 Å². The Morgan fingerprint density at radius 1 is 1.13 bits per heavy atom. The van der Waals surface area contributed by atoms with Crippen LogP contribution >= 0.6 is 0 Å². The van der Waals surface area contributed by atoms with Crippen LogP contribution in [-0.2, 0) is 0 Å². The highest BCUT2D eigenvalue weighted by molar-refractivity contribution is 5.97. The van der Waals surface area contributed by atoms with Gasteiger partial charge < -0.3 is 21.5 Å². The summed E-state index contributed by atoms with van der Waals surface area (Å²) in [7, 11) is 0. The van der Waals surface area contributed by atoms with Gasteiger partial charge in [0.15, 0.2) is 0 Å². The van der Waals surface area contributed by atoms with E-state index in [-0.39, 0.29) is 12.1 Å². The second kappa shape index (κ2) is 7.12. The van der Waals surface area contributed by atoms with Crippen molar-refractivity contribution in [1.82, 2.24) is 9.97 Å². The predicted octanol–water partition coefficient (Wildman–Crippen LogP) is 1.65. The van der Waals surface area contributed by atoms with Crippen molar-refractivity contribution in [3.05, 3.63) is 11.8 Å². The van der Waals surface area contributed by atoms with Crippen molar-refractivity contribution >= 4 is 17.7 Å². The maximum absolute atomic E-state index is 11.6. The molecule has 3 rings (SSSR count). The van der Waals surface area contributed by atoms with Crippen molar-refractivity contribution in [3.8, 4) is 0 Å². The number of amides is 1. The second-order valence-electron chi connectivity index (χ2n) is 6.61. The minimum Gasteiger partial charge on any atom is -0.393 e. The highest BCUT2D eigenvalue weighted by Crippen LogP contribution is 2.25. The van der Waals surface area contributed by atoms with E-state index in [1.54, 1.807) is 0 Å². The quantitative estimate of drug-likeness (QED) is 0.656. The lowest BCUT2D eigenvalue weighted by Gasteiger charge is -2.27. The molecule has 0 aromatic carbocycles. The molecule has 2 fully saturated rings. The van der Waals surface area contributed by atoms with Crippen molar-refractivity contribution < 1.29 is 9.90 Å². The Hall–Kier alpha value is -1.89. The van der Waals surface area contributed by atoms with Gasteiger partial charge in [0.25, 0.3) is 5.91 Å². The van der Waals surface area contributed by atoms with Crippen molar-refractivity contribution in [2.45, 2.75) is 69.6 Å². The number of carbonyl (C=O) groups excluding carboxylic acids is 1. The number of anilines is 2. The number of nitrogens with zero attached hydrogens (tertiary/aromatic N) is 2. The fourth-order valence-electron chi connectivity index (χ4n) is 3.48. The summed E-state index contributed by atoms with van der Waals surface area (Å²) in [4.78, 5) is 20.3. The van der Waals surface area contributed by atoms with Crippen molar-refractivity contribution in [2.75, 3.05) is 10.6 Å². The van der Waals surface area contributed by atoms with Crippen molar-refractivity contribution in [3.63, 3.8) is 0 Å². The summed E-state index contributed by atoms with van der Waals surface area (Å²) in [5, 5.41) is 16.4. The van der Waals surface area contributed by atoms with E-state index < -0.39 is 5.91 Å². The predicted molar refractivity (Wildman–Crippen MR) is 88.3 cm³/mol. The monoisotopic (exact) mass is 319 g/mol. The van der Waals surface area contributed by atoms with Crippen molar-refractivity contribution in [1.29, 1.82) is 0 Å². The SMILES string of the molecule is NC(=O)c1cnc(NC2CCCC2)nc1N[C@@H]1CCC[C@H](O)C1. The highest BCUT2D eigenvalue weighted by Gasteiger charge is 2.23. The average molecular weight is 319 g/mol. The molecule has 1 amide bonds. The Kier molecular flexibility index (Phi) is 4.95. The first-order chi connectivity index (χ1) is 11.1. The molecule has 7 nitrogen and oxygen atoms in total. The molecule has 23 heavy (non-hydrogen) atoms. The van der Waals surface area contributed by atoms with Crippen LogP contribution in [0.5, 0.6) is 0 Å². The number of aromatic nitrogens is 2. The molecular weight excluding hydrogens is 294 g/mol. The molecule has 2 atom stereocenters. The third-order valence-corrected chi connectivity index (χ3v) is 4.73. The third-order valence-electron chi connectivity index (χ3n) is 4.73. The first-order valence-corrected chi connectivity index (χ1v) is 8.50. The van der Waals surface area contributed by atoms with E-state index in [1.807, 2.05) is 0 Å². The van der Waals surface area contributed by atoms with E-state index in [1.165, 1.54) is 19.0 Å². The van der Waals surface area contributed by atoms with E-state index in [9.17, 15) is 9.90 Å². The molecule has 0 aliphatic heterocycles. The van der Waals surface area contributed by atoms with Gasteiger partial charge in [-0.2, -0.15) is 4.98 Å². The van der Waals surface area contributed by atoms with E-state index >= 15 is 0 Å². The molecule has 2 aliphatic rings. The number of hydrogen-bond acceptors (Lipinski definition) is 6. The Balaban J connectivity index is 1.75. The average Bonchev–Trinajstić information content (AvgIpc) is 3.00. The summed E-state index contributed by atoms with van der Waals surface area (Å²) in [6, 6.07) is 0.505. The second-order valence-corrected chi connectivity index (χ2v) is 6.61. The number of aliphatic hydroxyl groups is 1. The lowest BCUT2D eigenvalue weighted by atomic mass is 9.93. The van der Waals surface area contributed by atoms with E-state index in [0.29, 0.717) is 29.8 Å². The zero-order chi connectivity index (χ0) is 16.2. The van der Waals surface area contributed by atoms with Crippen LogP contribution in [0.25, 0.3) is 0 Å². The Morgan fingerprint density at radius 3 is 2.57 bits per heavy atom. The molecule has 0 radical (unpaired) electrons. The Labute approximate surface area is 136 Å². The van der Waals surface area contributed by atoms with Crippen LogP contribution in [0.15, 0.2) is 6.20 Å². The minimum absolute atomic E-state index is 0.103. The topological polar surface area (TPSA) is 113 Å². The number of primary amides is 1. The first-order valence-electron chi connectivity index (χ1n) is 8.50. The number of carbonyl (C=O) groups is 1. The molecule has 1 aromatic rings. The van der Waals surface area contributed by atoms with Crippen LogP contribution in [-0.4, -0.2) is 39.2 Å². The summed E-state index contributed by atoms with van der Waals surface area (Å²) in [5.41, 5.74) is 5.73. The van der Waals surface area contributed by atoms with Crippen molar-refractivity contribution in [2.24, 2.45) is 5.73 Å². The molecule has 0 saturated heterocycles. The third kappa shape index (κ3) is 4.10. The number of rotatable bonds is 5. The van der Waals surface area contributed by atoms with E-state index in [0.717, 1.165) is 32.1 Å². The van der Waals surface area contributed by atoms with Gasteiger partial charge in [-0.3, -0.25) is 4.79 Å². The van der Waals surface area contributed by atoms with Crippen LogP contribution in [0.3, 0.4) is 0 Å². The fraction of sp³-hybridized carbons (Fsp3) is 0.688. The van der Waals surface area contributed by atoms with Crippen LogP contribution in [0.4, 0.5) is 11.8 Å². The summed E-state index contributed by atoms with van der Waals surface area (Å²) >= 11 is 0. The van der Waals surface area contributed by atoms with Gasteiger partial charge in [0, 0.05) is 18.3 Å². The molecule has 5 N–H and O–H groups in total. The summed E-state index contributed by atoms with van der Waals surface area (Å²) in [6.45, 7) is 0. The summed E-state index contributed by atoms with van der Waals surface area (Å²) in [6.07, 6.45) is 9.28. The molecule has 1 aromatic heterocycles. The largest absolute Gasteiger partial charge is 0.393 e. The molecule has 2 saturated carbocycles. The van der Waals surface area contributed by atoms with Gasteiger partial charge in [-0.25, -0.2) is 4.98 Å². The zero-order valence-electron chi connectivity index (χ0n) is 13.3. The van der Waals surface area contributed by atoms with E-state index in [4.69, 9.17) is 5.73 Å². The van der Waals surface area contributed by atoms with Gasteiger partial charge in [-0.05, 0) is 38.5 Å². The maximum atomic E-state index is 11.6. The number of nitrogens with two attached hydrogens (primary N) is 1. The number of aliphatic hydroxyl groups excluding tert-OH is 1. The molecule has 0 unspecified atom stereocenters. The molecule has 126 valence electrons.